The van der Waals surface area contributed by atoms with Gasteiger partial charge >= 0.3 is 29.8 Å². The standard InChI is InChI=1S/C27H38N4O11/c1-28-27(42)18-8-6-17(7-9-18)10-19(29(12-22(32)33)13-23(34)35)11-30(14-24(36)37)20-4-2-3-5-21(20)31(15-25(38)39)16-26(40)41/h6-9,19-21H,2-5,10-16H2,1H3,(H,28,42)(H,32,33)(H,34,35)(H,36,37)(H,38,39)(H,40,41). The van der Waals surface area contributed by atoms with E-state index in [1.807, 2.05) is 0 Å². The molecule has 3 unspecified atom stereocenters. The summed E-state index contributed by atoms with van der Waals surface area (Å²) in [4.78, 5) is 74.6. The number of nitrogens with zero attached hydrogens (tertiary/aromatic N) is 3. The normalized spacial score (nSPS) is 17.6. The molecule has 15 heteroatoms. The molecule has 0 aromatic heterocycles. The Kier molecular flexibility index (Phi) is 13.3. The number of carboxylic acids is 5. The molecule has 6 N–H and O–H groups in total. The van der Waals surface area contributed by atoms with E-state index in [1.54, 1.807) is 29.2 Å². The fourth-order valence-electron chi connectivity index (χ4n) is 5.52. The van der Waals surface area contributed by atoms with Crippen LogP contribution in [0.15, 0.2) is 24.3 Å². The second-order valence-electron chi connectivity index (χ2n) is 10.3. The minimum absolute atomic E-state index is 0.0980. The van der Waals surface area contributed by atoms with Gasteiger partial charge in [-0.1, -0.05) is 25.0 Å². The van der Waals surface area contributed by atoms with Gasteiger partial charge in [0.15, 0.2) is 0 Å². The molecule has 1 amide bonds. The van der Waals surface area contributed by atoms with E-state index >= 15 is 0 Å². The number of rotatable bonds is 18. The van der Waals surface area contributed by atoms with E-state index in [1.165, 1.54) is 16.8 Å². The van der Waals surface area contributed by atoms with Crippen molar-refractivity contribution in [2.24, 2.45) is 0 Å². The van der Waals surface area contributed by atoms with Crippen LogP contribution in [0.4, 0.5) is 0 Å². The predicted octanol–water partition coefficient (Wildman–Crippen LogP) is -0.402. The van der Waals surface area contributed by atoms with Crippen molar-refractivity contribution in [2.75, 3.05) is 46.3 Å². The summed E-state index contributed by atoms with van der Waals surface area (Å²) in [5, 5.41) is 50.2. The molecule has 232 valence electrons. The number of hydrogen-bond donors (Lipinski definition) is 6. The largest absolute Gasteiger partial charge is 0.480 e. The molecule has 0 saturated heterocycles. The maximum Gasteiger partial charge on any atom is 0.317 e. The lowest BCUT2D eigenvalue weighted by Crippen LogP contribution is -2.59. The summed E-state index contributed by atoms with van der Waals surface area (Å²) >= 11 is 0. The summed E-state index contributed by atoms with van der Waals surface area (Å²) in [6.07, 6.45) is 2.30. The summed E-state index contributed by atoms with van der Waals surface area (Å²) in [5.41, 5.74) is 1.02. The molecule has 1 fully saturated rings. The molecule has 0 bridgehead atoms. The molecule has 0 aliphatic heterocycles. The summed E-state index contributed by atoms with van der Waals surface area (Å²) in [7, 11) is 1.48. The first-order valence-corrected chi connectivity index (χ1v) is 13.4. The van der Waals surface area contributed by atoms with Crippen molar-refractivity contribution in [1.29, 1.82) is 0 Å². The van der Waals surface area contributed by atoms with Crippen LogP contribution in [0.25, 0.3) is 0 Å². The molecular formula is C27H38N4O11. The lowest BCUT2D eigenvalue weighted by Gasteiger charge is -2.45. The predicted molar refractivity (Wildman–Crippen MR) is 146 cm³/mol. The summed E-state index contributed by atoms with van der Waals surface area (Å²) in [6, 6.07) is 4.37. The molecule has 0 heterocycles. The van der Waals surface area contributed by atoms with Gasteiger partial charge in [-0.3, -0.25) is 43.5 Å². The Morgan fingerprint density at radius 2 is 1.14 bits per heavy atom. The molecule has 1 saturated carbocycles. The minimum atomic E-state index is -1.29. The molecular weight excluding hydrogens is 556 g/mol. The zero-order chi connectivity index (χ0) is 31.4. The fourth-order valence-corrected chi connectivity index (χ4v) is 5.52. The number of hydrogen-bond acceptors (Lipinski definition) is 9. The van der Waals surface area contributed by atoms with Gasteiger partial charge in [0.25, 0.3) is 5.91 Å². The van der Waals surface area contributed by atoms with Gasteiger partial charge in [-0.25, -0.2) is 0 Å². The van der Waals surface area contributed by atoms with E-state index in [4.69, 9.17) is 0 Å². The number of benzene rings is 1. The van der Waals surface area contributed by atoms with Gasteiger partial charge in [0.05, 0.1) is 32.7 Å². The maximum absolute atomic E-state index is 12.0. The Bertz CT molecular complexity index is 1100. The molecule has 15 nitrogen and oxygen atoms in total. The Hall–Kier alpha value is -4.08. The summed E-state index contributed by atoms with van der Waals surface area (Å²) in [6.45, 7) is -3.05. The van der Waals surface area contributed by atoms with E-state index in [-0.39, 0.29) is 18.9 Å². The summed E-state index contributed by atoms with van der Waals surface area (Å²) in [5.74, 6) is -6.58. The van der Waals surface area contributed by atoms with Gasteiger partial charge in [0, 0.05) is 37.3 Å². The lowest BCUT2D eigenvalue weighted by molar-refractivity contribution is -0.146. The van der Waals surface area contributed by atoms with Gasteiger partial charge in [-0.05, 0) is 37.0 Å². The van der Waals surface area contributed by atoms with Crippen molar-refractivity contribution in [2.45, 2.75) is 50.2 Å². The average Bonchev–Trinajstić information content (AvgIpc) is 2.90. The third-order valence-electron chi connectivity index (χ3n) is 7.20. The second-order valence-corrected chi connectivity index (χ2v) is 10.3. The number of carboxylic acid groups (broad SMARTS) is 5. The lowest BCUT2D eigenvalue weighted by atomic mass is 9.87. The molecule has 1 aromatic rings. The van der Waals surface area contributed by atoms with Crippen LogP contribution < -0.4 is 5.32 Å². The molecule has 0 spiro atoms. The number of nitrogens with one attached hydrogen (secondary N) is 1. The quantitative estimate of drug-likeness (QED) is 0.127. The highest BCUT2D eigenvalue weighted by Gasteiger charge is 2.38. The fraction of sp³-hybridized carbons (Fsp3) is 0.556. The molecule has 2 rings (SSSR count). The van der Waals surface area contributed by atoms with Crippen LogP contribution in [0.2, 0.25) is 0 Å². The van der Waals surface area contributed by atoms with Crippen LogP contribution in [0.1, 0.15) is 41.6 Å². The van der Waals surface area contributed by atoms with Crippen molar-refractivity contribution in [3.05, 3.63) is 35.4 Å². The Balaban J connectivity index is 2.51. The van der Waals surface area contributed by atoms with Crippen LogP contribution in [-0.4, -0.2) is 140 Å². The highest BCUT2D eigenvalue weighted by molar-refractivity contribution is 5.93. The minimum Gasteiger partial charge on any atom is -0.480 e. The van der Waals surface area contributed by atoms with Crippen molar-refractivity contribution in [1.82, 2.24) is 20.0 Å². The molecule has 1 aliphatic rings. The van der Waals surface area contributed by atoms with Crippen molar-refractivity contribution in [3.63, 3.8) is 0 Å². The Morgan fingerprint density at radius 1 is 0.714 bits per heavy atom. The van der Waals surface area contributed by atoms with Gasteiger partial charge < -0.3 is 30.8 Å². The molecule has 0 radical (unpaired) electrons. The third kappa shape index (κ3) is 11.1. The zero-order valence-corrected chi connectivity index (χ0v) is 23.3. The first-order chi connectivity index (χ1) is 19.8. The van der Waals surface area contributed by atoms with E-state index in [9.17, 15) is 54.3 Å². The third-order valence-corrected chi connectivity index (χ3v) is 7.20. The van der Waals surface area contributed by atoms with Crippen LogP contribution >= 0.6 is 0 Å². The van der Waals surface area contributed by atoms with E-state index in [0.29, 0.717) is 36.8 Å². The monoisotopic (exact) mass is 594 g/mol. The first-order valence-electron chi connectivity index (χ1n) is 13.4. The number of carbonyl (C=O) groups excluding carboxylic acids is 1. The second kappa shape index (κ2) is 16.4. The highest BCUT2D eigenvalue weighted by Crippen LogP contribution is 2.28. The summed E-state index contributed by atoms with van der Waals surface area (Å²) < 4.78 is 0. The number of carbonyl (C=O) groups is 6. The van der Waals surface area contributed by atoms with E-state index < -0.39 is 80.7 Å². The van der Waals surface area contributed by atoms with Crippen LogP contribution in [0, 0.1) is 0 Å². The van der Waals surface area contributed by atoms with Gasteiger partial charge in [0.1, 0.15) is 0 Å². The van der Waals surface area contributed by atoms with Crippen LogP contribution in [0.5, 0.6) is 0 Å². The molecule has 1 aliphatic carbocycles. The van der Waals surface area contributed by atoms with Gasteiger partial charge in [0.2, 0.25) is 0 Å². The SMILES string of the molecule is CNC(=O)c1ccc(CC(CN(CC(=O)O)C2CCCCC2N(CC(=O)O)CC(=O)O)N(CC(=O)O)CC(=O)O)cc1. The van der Waals surface area contributed by atoms with Crippen molar-refractivity contribution in [3.8, 4) is 0 Å². The van der Waals surface area contributed by atoms with Crippen molar-refractivity contribution < 1.29 is 54.3 Å². The highest BCUT2D eigenvalue weighted by atomic mass is 16.4. The maximum atomic E-state index is 12.0. The smallest absolute Gasteiger partial charge is 0.317 e. The topological polar surface area (TPSA) is 225 Å². The van der Waals surface area contributed by atoms with Crippen molar-refractivity contribution >= 4 is 35.8 Å². The van der Waals surface area contributed by atoms with E-state index in [0.717, 1.165) is 0 Å². The average molecular weight is 595 g/mol. The zero-order valence-electron chi connectivity index (χ0n) is 23.3. The number of aliphatic carboxylic acids is 5. The molecule has 3 atom stereocenters. The first kappa shape index (κ1) is 34.1. The van der Waals surface area contributed by atoms with E-state index in [2.05, 4.69) is 5.32 Å². The Morgan fingerprint density at radius 3 is 1.57 bits per heavy atom. The number of amides is 1. The molecule has 1 aromatic carbocycles. The Labute approximate surface area is 242 Å². The van der Waals surface area contributed by atoms with Gasteiger partial charge in [-0.15, -0.1) is 0 Å². The van der Waals surface area contributed by atoms with Crippen LogP contribution in [0.3, 0.4) is 0 Å². The van der Waals surface area contributed by atoms with Crippen LogP contribution in [-0.2, 0) is 30.4 Å². The molecule has 42 heavy (non-hydrogen) atoms. The van der Waals surface area contributed by atoms with Gasteiger partial charge in [-0.2, -0.15) is 0 Å².